The van der Waals surface area contributed by atoms with E-state index in [1.54, 1.807) is 24.3 Å². The van der Waals surface area contributed by atoms with Gasteiger partial charge in [0.25, 0.3) is 11.5 Å². The minimum atomic E-state index is -0.587. The van der Waals surface area contributed by atoms with Gasteiger partial charge in [-0.25, -0.2) is 0 Å². The Hall–Kier alpha value is -2.05. The molecule has 0 fully saturated rings. The van der Waals surface area contributed by atoms with Gasteiger partial charge in [-0.1, -0.05) is 26.0 Å². The average molecular weight is 340 g/mol. The number of fused-ring (bicyclic) bond motifs is 1. The summed E-state index contributed by atoms with van der Waals surface area (Å²) >= 11 is 0. The molecule has 126 valence electrons. The zero-order valence-corrected chi connectivity index (χ0v) is 14.1. The Labute approximate surface area is 140 Å². The zero-order valence-electron chi connectivity index (χ0n) is 13.3. The van der Waals surface area contributed by atoms with Gasteiger partial charge in [-0.2, -0.15) is 0 Å². The van der Waals surface area contributed by atoms with E-state index in [9.17, 15) is 14.7 Å². The lowest BCUT2D eigenvalue weighted by Crippen LogP contribution is -2.36. The smallest absolute Gasteiger partial charge is 0.265 e. The highest BCUT2D eigenvalue weighted by atomic mass is 35.5. The lowest BCUT2D eigenvalue weighted by molar-refractivity contribution is 0.0945. The fourth-order valence-corrected chi connectivity index (χ4v) is 2.39. The number of likely N-dealkylation sites (N-methyl/N-ethyl adjacent to an activating group) is 1. The van der Waals surface area contributed by atoms with Crippen molar-refractivity contribution in [3.8, 4) is 5.75 Å². The molecule has 23 heavy (non-hydrogen) atoms. The Kier molecular flexibility index (Phi) is 7.06. The first-order chi connectivity index (χ1) is 10.6. The molecule has 1 amide bonds. The Morgan fingerprint density at radius 3 is 2.57 bits per heavy atom. The Morgan fingerprint density at radius 1 is 1.26 bits per heavy atom. The number of carbonyl (C=O) groups is 1. The molecule has 0 bridgehead atoms. The van der Waals surface area contributed by atoms with Crippen LogP contribution in [0, 0.1) is 0 Å². The number of rotatable bonds is 6. The van der Waals surface area contributed by atoms with E-state index in [4.69, 9.17) is 0 Å². The van der Waals surface area contributed by atoms with Crippen molar-refractivity contribution in [1.29, 1.82) is 0 Å². The van der Waals surface area contributed by atoms with Crippen LogP contribution in [0.2, 0.25) is 0 Å². The van der Waals surface area contributed by atoms with Crippen molar-refractivity contribution in [2.45, 2.75) is 13.8 Å². The number of para-hydroxylation sites is 1. The van der Waals surface area contributed by atoms with Gasteiger partial charge in [0, 0.05) is 18.5 Å². The quantitative estimate of drug-likeness (QED) is 0.748. The van der Waals surface area contributed by atoms with Gasteiger partial charge < -0.3 is 20.3 Å². The van der Waals surface area contributed by atoms with Crippen LogP contribution in [0.25, 0.3) is 10.9 Å². The van der Waals surface area contributed by atoms with Gasteiger partial charge in [-0.3, -0.25) is 9.59 Å². The van der Waals surface area contributed by atoms with Gasteiger partial charge in [0.2, 0.25) is 0 Å². The Morgan fingerprint density at radius 2 is 1.91 bits per heavy atom. The highest BCUT2D eigenvalue weighted by Crippen LogP contribution is 2.24. The van der Waals surface area contributed by atoms with Crippen LogP contribution in [0.3, 0.4) is 0 Å². The molecular weight excluding hydrogens is 318 g/mol. The normalized spacial score (nSPS) is 10.6. The number of amides is 1. The fraction of sp³-hybridized carbons (Fsp3) is 0.375. The molecule has 0 saturated carbocycles. The van der Waals surface area contributed by atoms with Gasteiger partial charge in [0.05, 0.1) is 5.52 Å². The molecular formula is C16H22ClN3O3. The maximum absolute atomic E-state index is 12.2. The van der Waals surface area contributed by atoms with Crippen LogP contribution in [0.1, 0.15) is 24.2 Å². The van der Waals surface area contributed by atoms with Gasteiger partial charge >= 0.3 is 0 Å². The highest BCUT2D eigenvalue weighted by molar-refractivity contribution is 6.01. The summed E-state index contributed by atoms with van der Waals surface area (Å²) in [4.78, 5) is 29.0. The lowest BCUT2D eigenvalue weighted by atomic mass is 10.1. The molecule has 1 aromatic carbocycles. The molecule has 3 N–H and O–H groups in total. The zero-order chi connectivity index (χ0) is 16.1. The van der Waals surface area contributed by atoms with Crippen LogP contribution in [-0.2, 0) is 0 Å². The molecule has 6 nitrogen and oxygen atoms in total. The molecule has 2 rings (SSSR count). The standard InChI is InChI=1S/C16H21N3O3.ClH/c1-3-19(4-2)10-9-17-15(21)13-14(20)11-7-5-6-8-12(11)18-16(13)22;/h5-8H,3-4,9-10H2,1-2H3,(H,17,21)(H2,18,20,22);1H. The molecule has 0 aliphatic carbocycles. The fourth-order valence-electron chi connectivity index (χ4n) is 2.39. The first-order valence-electron chi connectivity index (χ1n) is 7.43. The number of hydrogen-bond acceptors (Lipinski definition) is 4. The number of aromatic hydroxyl groups is 1. The second-order valence-corrected chi connectivity index (χ2v) is 5.01. The third-order valence-electron chi connectivity index (χ3n) is 3.73. The number of aromatic amines is 1. The van der Waals surface area contributed by atoms with E-state index in [0.717, 1.165) is 13.1 Å². The number of halogens is 1. The molecule has 7 heteroatoms. The third kappa shape index (κ3) is 4.24. The van der Waals surface area contributed by atoms with E-state index in [-0.39, 0.29) is 23.7 Å². The molecule has 0 saturated heterocycles. The summed E-state index contributed by atoms with van der Waals surface area (Å²) in [5.74, 6) is -0.837. The van der Waals surface area contributed by atoms with Crippen LogP contribution in [0.5, 0.6) is 5.75 Å². The van der Waals surface area contributed by atoms with Crippen molar-refractivity contribution in [2.75, 3.05) is 26.2 Å². The van der Waals surface area contributed by atoms with Crippen LogP contribution >= 0.6 is 12.4 Å². The van der Waals surface area contributed by atoms with Gasteiger partial charge in [-0.15, -0.1) is 12.4 Å². The SMILES string of the molecule is CCN(CC)CCNC(=O)c1c(O)c2ccccc2[nH]c1=O.Cl. The number of nitrogens with one attached hydrogen (secondary N) is 2. The molecule has 1 heterocycles. The van der Waals surface area contributed by atoms with Crippen molar-refractivity contribution in [3.05, 3.63) is 40.2 Å². The molecule has 0 unspecified atom stereocenters. The number of pyridine rings is 1. The largest absolute Gasteiger partial charge is 0.506 e. The number of carbonyl (C=O) groups excluding carboxylic acids is 1. The van der Waals surface area contributed by atoms with Crippen molar-refractivity contribution in [3.63, 3.8) is 0 Å². The summed E-state index contributed by atoms with van der Waals surface area (Å²) in [6, 6.07) is 6.83. The third-order valence-corrected chi connectivity index (χ3v) is 3.73. The Bertz CT molecular complexity index is 726. The number of nitrogens with zero attached hydrogens (tertiary/aromatic N) is 1. The summed E-state index contributed by atoms with van der Waals surface area (Å²) in [6.07, 6.45) is 0. The van der Waals surface area contributed by atoms with Gasteiger partial charge in [0.15, 0.2) is 0 Å². The molecule has 0 aliphatic rings. The lowest BCUT2D eigenvalue weighted by Gasteiger charge is -2.18. The van der Waals surface area contributed by atoms with Crippen LogP contribution in [-0.4, -0.2) is 47.1 Å². The summed E-state index contributed by atoms with van der Waals surface area (Å²) < 4.78 is 0. The van der Waals surface area contributed by atoms with Gasteiger partial charge in [0.1, 0.15) is 11.3 Å². The van der Waals surface area contributed by atoms with Crippen LogP contribution in [0.4, 0.5) is 0 Å². The second-order valence-electron chi connectivity index (χ2n) is 5.01. The molecule has 0 radical (unpaired) electrons. The molecule has 0 aliphatic heterocycles. The number of H-pyrrole nitrogens is 1. The van der Waals surface area contributed by atoms with E-state index >= 15 is 0 Å². The predicted octanol–water partition coefficient (Wildman–Crippen LogP) is 1.73. The van der Waals surface area contributed by atoms with E-state index < -0.39 is 11.5 Å². The van der Waals surface area contributed by atoms with E-state index in [1.807, 2.05) is 13.8 Å². The van der Waals surface area contributed by atoms with Crippen LogP contribution in [0.15, 0.2) is 29.1 Å². The predicted molar refractivity (Wildman–Crippen MR) is 93.6 cm³/mol. The number of aromatic nitrogens is 1. The first-order valence-corrected chi connectivity index (χ1v) is 7.43. The highest BCUT2D eigenvalue weighted by Gasteiger charge is 2.18. The number of benzene rings is 1. The summed E-state index contributed by atoms with van der Waals surface area (Å²) in [6.45, 7) is 7.01. The minimum absolute atomic E-state index is 0. The maximum atomic E-state index is 12.2. The van der Waals surface area contributed by atoms with E-state index in [2.05, 4.69) is 15.2 Å². The van der Waals surface area contributed by atoms with Crippen molar-refractivity contribution in [1.82, 2.24) is 15.2 Å². The average Bonchev–Trinajstić information content (AvgIpc) is 2.51. The second kappa shape index (κ2) is 8.55. The molecule has 1 aromatic heterocycles. The topological polar surface area (TPSA) is 85.4 Å². The first kappa shape index (κ1) is 19.0. The van der Waals surface area contributed by atoms with Crippen LogP contribution < -0.4 is 10.9 Å². The summed E-state index contributed by atoms with van der Waals surface area (Å²) in [5.41, 5.74) is -0.320. The monoisotopic (exact) mass is 339 g/mol. The molecule has 0 spiro atoms. The van der Waals surface area contributed by atoms with Gasteiger partial charge in [-0.05, 0) is 25.2 Å². The van der Waals surface area contributed by atoms with Crippen molar-refractivity contribution < 1.29 is 9.90 Å². The van der Waals surface area contributed by atoms with E-state index in [0.29, 0.717) is 24.0 Å². The van der Waals surface area contributed by atoms with Crippen molar-refractivity contribution in [2.24, 2.45) is 0 Å². The molecule has 2 aromatic rings. The minimum Gasteiger partial charge on any atom is -0.506 e. The summed E-state index contributed by atoms with van der Waals surface area (Å²) in [5, 5.41) is 13.3. The van der Waals surface area contributed by atoms with Crippen molar-refractivity contribution >= 4 is 29.2 Å². The maximum Gasteiger partial charge on any atom is 0.265 e. The number of hydrogen-bond donors (Lipinski definition) is 3. The summed E-state index contributed by atoms with van der Waals surface area (Å²) in [7, 11) is 0. The van der Waals surface area contributed by atoms with E-state index in [1.165, 1.54) is 0 Å². The molecule has 0 atom stereocenters. The Balaban J connectivity index is 0.00000264.